The summed E-state index contributed by atoms with van der Waals surface area (Å²) in [7, 11) is 1.62. The predicted octanol–water partition coefficient (Wildman–Crippen LogP) is 2.85. The van der Waals surface area contributed by atoms with Crippen molar-refractivity contribution in [2.45, 2.75) is 31.8 Å². The zero-order valence-electron chi connectivity index (χ0n) is 12.2. The first-order valence-electron chi connectivity index (χ1n) is 7.07. The van der Waals surface area contributed by atoms with Gasteiger partial charge in [0.1, 0.15) is 18.0 Å². The van der Waals surface area contributed by atoms with Crippen molar-refractivity contribution in [3.63, 3.8) is 0 Å². The van der Waals surface area contributed by atoms with E-state index in [2.05, 4.69) is 0 Å². The van der Waals surface area contributed by atoms with Crippen molar-refractivity contribution in [1.82, 2.24) is 0 Å². The molecule has 0 radical (unpaired) electrons. The van der Waals surface area contributed by atoms with E-state index in [1.54, 1.807) is 13.2 Å². The minimum atomic E-state index is -0.723. The Balaban J connectivity index is 2.16. The molecule has 1 saturated heterocycles. The normalized spacial score (nSPS) is 22.5. The van der Waals surface area contributed by atoms with Crippen LogP contribution >= 0.6 is 0 Å². The monoisotopic (exact) mass is 278 g/mol. The van der Waals surface area contributed by atoms with Crippen molar-refractivity contribution in [2.24, 2.45) is 0 Å². The highest BCUT2D eigenvalue weighted by molar-refractivity contribution is 6.04. The van der Waals surface area contributed by atoms with Gasteiger partial charge in [0.2, 0.25) is 0 Å². The molecule has 1 heterocycles. The summed E-state index contributed by atoms with van der Waals surface area (Å²) in [4.78, 5) is 12.7. The van der Waals surface area contributed by atoms with Gasteiger partial charge in [-0.1, -0.05) is 12.1 Å². The Morgan fingerprint density at radius 2 is 2.10 bits per heavy atom. The first-order chi connectivity index (χ1) is 9.67. The maximum Gasteiger partial charge on any atom is 0.198 e. The van der Waals surface area contributed by atoms with Gasteiger partial charge in [0.25, 0.3) is 0 Å². The third-order valence-corrected chi connectivity index (χ3v) is 3.63. The van der Waals surface area contributed by atoms with Gasteiger partial charge < -0.3 is 14.2 Å². The van der Waals surface area contributed by atoms with Crippen LogP contribution in [0.25, 0.3) is 0 Å². The first kappa shape index (κ1) is 15.0. The Hall–Kier alpha value is -1.39. The van der Waals surface area contributed by atoms with Crippen LogP contribution in [0.1, 0.15) is 36.5 Å². The second-order valence-corrected chi connectivity index (χ2v) is 5.20. The number of carbonyl (C=O) groups excluding carboxylic acids is 1. The molecule has 110 valence electrons. The van der Waals surface area contributed by atoms with Crippen LogP contribution in [0.5, 0.6) is 5.75 Å². The summed E-state index contributed by atoms with van der Waals surface area (Å²) in [6.45, 7) is 3.45. The van der Waals surface area contributed by atoms with Gasteiger partial charge in [-0.3, -0.25) is 4.79 Å². The SMILES string of the molecule is COCCOc1ccccc1C(=O)C1(C)CCCCO1. The molecule has 0 bridgehead atoms. The lowest BCUT2D eigenvalue weighted by Gasteiger charge is -2.32. The zero-order chi connectivity index (χ0) is 14.4. The molecule has 1 unspecified atom stereocenters. The van der Waals surface area contributed by atoms with E-state index < -0.39 is 5.60 Å². The Morgan fingerprint density at radius 1 is 1.30 bits per heavy atom. The fourth-order valence-corrected chi connectivity index (χ4v) is 2.41. The molecule has 1 fully saturated rings. The van der Waals surface area contributed by atoms with Crippen molar-refractivity contribution in [3.8, 4) is 5.75 Å². The molecule has 0 saturated carbocycles. The molecule has 0 spiro atoms. The number of benzene rings is 1. The predicted molar refractivity (Wildman–Crippen MR) is 76.4 cm³/mol. The molecule has 1 aliphatic heterocycles. The number of para-hydroxylation sites is 1. The molecule has 1 atom stereocenters. The summed E-state index contributed by atoms with van der Waals surface area (Å²) in [6.07, 6.45) is 2.81. The Kier molecular flexibility index (Phi) is 5.15. The molecule has 0 aliphatic carbocycles. The van der Waals surface area contributed by atoms with Gasteiger partial charge in [-0.25, -0.2) is 0 Å². The van der Waals surface area contributed by atoms with Crippen molar-refractivity contribution in [3.05, 3.63) is 29.8 Å². The largest absolute Gasteiger partial charge is 0.490 e. The van der Waals surface area contributed by atoms with Crippen LogP contribution in [0, 0.1) is 0 Å². The molecule has 1 aliphatic rings. The van der Waals surface area contributed by atoms with Gasteiger partial charge in [-0.2, -0.15) is 0 Å². The minimum Gasteiger partial charge on any atom is -0.490 e. The van der Waals surface area contributed by atoms with E-state index >= 15 is 0 Å². The summed E-state index contributed by atoms with van der Waals surface area (Å²) in [5.41, 5.74) is -0.133. The van der Waals surface area contributed by atoms with Crippen molar-refractivity contribution in [1.29, 1.82) is 0 Å². The van der Waals surface area contributed by atoms with Crippen molar-refractivity contribution < 1.29 is 19.0 Å². The third kappa shape index (κ3) is 3.38. The average molecular weight is 278 g/mol. The molecule has 4 heteroatoms. The van der Waals surface area contributed by atoms with E-state index in [-0.39, 0.29) is 5.78 Å². The molecule has 2 rings (SSSR count). The lowest BCUT2D eigenvalue weighted by Crippen LogP contribution is -2.41. The van der Waals surface area contributed by atoms with Crippen LogP contribution in [0.3, 0.4) is 0 Å². The van der Waals surface area contributed by atoms with Gasteiger partial charge in [-0.05, 0) is 38.3 Å². The van der Waals surface area contributed by atoms with E-state index in [9.17, 15) is 4.79 Å². The van der Waals surface area contributed by atoms with E-state index in [4.69, 9.17) is 14.2 Å². The van der Waals surface area contributed by atoms with Gasteiger partial charge in [0.05, 0.1) is 12.2 Å². The summed E-state index contributed by atoms with van der Waals surface area (Å²) >= 11 is 0. The summed E-state index contributed by atoms with van der Waals surface area (Å²) < 4.78 is 16.3. The molecule has 0 amide bonds. The first-order valence-corrected chi connectivity index (χ1v) is 7.07. The topological polar surface area (TPSA) is 44.8 Å². The van der Waals surface area contributed by atoms with Crippen LogP contribution in [-0.2, 0) is 9.47 Å². The second kappa shape index (κ2) is 6.86. The van der Waals surface area contributed by atoms with Crippen molar-refractivity contribution in [2.75, 3.05) is 26.9 Å². The molecule has 1 aromatic carbocycles. The average Bonchev–Trinajstić information content (AvgIpc) is 2.48. The van der Waals surface area contributed by atoms with E-state index in [0.717, 1.165) is 19.3 Å². The van der Waals surface area contributed by atoms with Crippen LogP contribution < -0.4 is 4.74 Å². The third-order valence-electron chi connectivity index (χ3n) is 3.63. The van der Waals surface area contributed by atoms with Crippen LogP contribution in [0.2, 0.25) is 0 Å². The number of ketones is 1. The fraction of sp³-hybridized carbons (Fsp3) is 0.562. The van der Waals surface area contributed by atoms with E-state index in [1.165, 1.54) is 0 Å². The molecule has 0 aromatic heterocycles. The van der Waals surface area contributed by atoms with Crippen LogP contribution in [0.15, 0.2) is 24.3 Å². The van der Waals surface area contributed by atoms with Crippen LogP contribution in [-0.4, -0.2) is 38.3 Å². The molecule has 0 N–H and O–H groups in total. The maximum absolute atomic E-state index is 12.7. The number of methoxy groups -OCH3 is 1. The Morgan fingerprint density at radius 3 is 2.80 bits per heavy atom. The Bertz CT molecular complexity index is 450. The van der Waals surface area contributed by atoms with Crippen LogP contribution in [0.4, 0.5) is 0 Å². The maximum atomic E-state index is 12.7. The molecule has 4 nitrogen and oxygen atoms in total. The molecular formula is C16H22O4. The van der Waals surface area contributed by atoms with Gasteiger partial charge in [0.15, 0.2) is 5.78 Å². The summed E-state index contributed by atoms with van der Waals surface area (Å²) in [5, 5.41) is 0. The number of hydrogen-bond acceptors (Lipinski definition) is 4. The number of carbonyl (C=O) groups is 1. The van der Waals surface area contributed by atoms with E-state index in [0.29, 0.717) is 31.1 Å². The van der Waals surface area contributed by atoms with Crippen molar-refractivity contribution >= 4 is 5.78 Å². The number of rotatable bonds is 6. The fourth-order valence-electron chi connectivity index (χ4n) is 2.41. The lowest BCUT2D eigenvalue weighted by atomic mass is 9.87. The summed E-state index contributed by atoms with van der Waals surface area (Å²) in [5.74, 6) is 0.607. The second-order valence-electron chi connectivity index (χ2n) is 5.20. The smallest absolute Gasteiger partial charge is 0.198 e. The highest BCUT2D eigenvalue weighted by Crippen LogP contribution is 2.31. The molecule has 1 aromatic rings. The molecule has 20 heavy (non-hydrogen) atoms. The zero-order valence-corrected chi connectivity index (χ0v) is 12.2. The highest BCUT2D eigenvalue weighted by atomic mass is 16.5. The standard InChI is InChI=1S/C16H22O4/c1-16(9-5-6-10-20-16)15(17)13-7-3-4-8-14(13)19-12-11-18-2/h3-4,7-8H,5-6,9-12H2,1-2H3. The number of hydrogen-bond donors (Lipinski definition) is 0. The quantitative estimate of drug-likeness (QED) is 0.593. The minimum absolute atomic E-state index is 0.00483. The lowest BCUT2D eigenvalue weighted by molar-refractivity contribution is -0.0427. The highest BCUT2D eigenvalue weighted by Gasteiger charge is 2.37. The van der Waals surface area contributed by atoms with Gasteiger partial charge in [0, 0.05) is 13.7 Å². The van der Waals surface area contributed by atoms with Gasteiger partial charge >= 0.3 is 0 Å². The number of Topliss-reactive ketones (excluding diaryl/α,β-unsaturated/α-hetero) is 1. The molecular weight excluding hydrogens is 256 g/mol. The Labute approximate surface area is 120 Å². The van der Waals surface area contributed by atoms with Gasteiger partial charge in [-0.15, -0.1) is 0 Å². The summed E-state index contributed by atoms with van der Waals surface area (Å²) in [6, 6.07) is 7.33. The number of ether oxygens (including phenoxy) is 3. The van der Waals surface area contributed by atoms with E-state index in [1.807, 2.05) is 25.1 Å².